The average Bonchev–Trinajstić information content (AvgIpc) is 2.93. The van der Waals surface area contributed by atoms with Gasteiger partial charge in [-0.05, 0) is 51.3 Å². The van der Waals surface area contributed by atoms with E-state index in [1.165, 1.54) is 23.1 Å². The van der Waals surface area contributed by atoms with E-state index < -0.39 is 0 Å². The molecule has 1 aliphatic rings. The first-order chi connectivity index (χ1) is 9.30. The minimum absolute atomic E-state index is 0.146. The lowest BCUT2D eigenvalue weighted by Gasteiger charge is -2.35. The van der Waals surface area contributed by atoms with E-state index >= 15 is 0 Å². The lowest BCUT2D eigenvalue weighted by molar-refractivity contribution is 0.242. The molecule has 0 radical (unpaired) electrons. The van der Waals surface area contributed by atoms with Crippen LogP contribution in [0, 0.1) is 13.8 Å². The summed E-state index contributed by atoms with van der Waals surface area (Å²) in [6.07, 6.45) is 3.04. The van der Waals surface area contributed by atoms with Gasteiger partial charge in [-0.1, -0.05) is 43.8 Å². The summed E-state index contributed by atoms with van der Waals surface area (Å²) >= 11 is 0. The van der Waals surface area contributed by atoms with Gasteiger partial charge in [-0.15, -0.1) is 0 Å². The van der Waals surface area contributed by atoms with Crippen molar-refractivity contribution in [3.8, 4) is 0 Å². The zero-order valence-corrected chi connectivity index (χ0v) is 13.6. The largest absolute Gasteiger partial charge is 0.366 e. The number of benzene rings is 1. The first kappa shape index (κ1) is 14.9. The predicted molar refractivity (Wildman–Crippen MR) is 88.0 cm³/mol. The maximum atomic E-state index is 4.15. The van der Waals surface area contributed by atoms with Gasteiger partial charge in [0, 0.05) is 23.2 Å². The second-order valence-electron chi connectivity index (χ2n) is 6.54. The molecule has 0 bridgehead atoms. The third-order valence-electron chi connectivity index (χ3n) is 5.23. The zero-order chi connectivity index (χ0) is 15.1. The quantitative estimate of drug-likeness (QED) is 0.698. The Morgan fingerprint density at radius 3 is 2.50 bits per heavy atom. The van der Waals surface area contributed by atoms with E-state index in [4.69, 9.17) is 0 Å². The molecular formula is C19H27N. The summed E-state index contributed by atoms with van der Waals surface area (Å²) in [6.45, 7) is 20.3. The first-order valence-corrected chi connectivity index (χ1v) is 7.47. The molecule has 20 heavy (non-hydrogen) atoms. The molecular weight excluding hydrogens is 242 g/mol. The van der Waals surface area contributed by atoms with E-state index in [1.54, 1.807) is 0 Å². The lowest BCUT2D eigenvalue weighted by Crippen LogP contribution is -2.39. The molecule has 0 N–H and O–H groups in total. The van der Waals surface area contributed by atoms with Gasteiger partial charge in [0.05, 0.1) is 0 Å². The molecule has 2 unspecified atom stereocenters. The Labute approximate surface area is 124 Å². The van der Waals surface area contributed by atoms with Crippen LogP contribution in [-0.4, -0.2) is 17.0 Å². The summed E-state index contributed by atoms with van der Waals surface area (Å²) < 4.78 is 0. The van der Waals surface area contributed by atoms with Crippen molar-refractivity contribution in [3.63, 3.8) is 0 Å². The highest BCUT2D eigenvalue weighted by Crippen LogP contribution is 2.62. The van der Waals surface area contributed by atoms with Crippen LogP contribution in [0.1, 0.15) is 43.9 Å². The van der Waals surface area contributed by atoms with Gasteiger partial charge in [0.2, 0.25) is 0 Å². The van der Waals surface area contributed by atoms with E-state index in [0.29, 0.717) is 0 Å². The molecule has 0 saturated heterocycles. The number of allylic oxidation sites excluding steroid dienone is 1. The molecule has 0 aromatic heterocycles. The van der Waals surface area contributed by atoms with Crippen molar-refractivity contribution in [1.29, 1.82) is 0 Å². The van der Waals surface area contributed by atoms with Crippen LogP contribution in [0.2, 0.25) is 0 Å². The number of hydrogen-bond donors (Lipinski definition) is 0. The third-order valence-corrected chi connectivity index (χ3v) is 5.23. The average molecular weight is 269 g/mol. The third kappa shape index (κ3) is 2.00. The Morgan fingerprint density at radius 1 is 1.35 bits per heavy atom. The maximum absolute atomic E-state index is 4.15. The van der Waals surface area contributed by atoms with Gasteiger partial charge >= 0.3 is 0 Å². The normalized spacial score (nSPS) is 28.1. The highest BCUT2D eigenvalue weighted by atomic mass is 15.3. The number of rotatable bonds is 5. The van der Waals surface area contributed by atoms with Crippen molar-refractivity contribution in [2.45, 2.75) is 52.0 Å². The lowest BCUT2D eigenvalue weighted by atomic mass is 9.88. The molecule has 2 rings (SSSR count). The van der Waals surface area contributed by atoms with Crippen molar-refractivity contribution >= 4 is 0 Å². The van der Waals surface area contributed by atoms with Crippen LogP contribution in [0.3, 0.4) is 0 Å². The standard InChI is InChI=1S/C19H27N/c1-8-16(5)20(9-2)19(7)13-18(19,6)17-11-10-14(3)12-15(17)4/h8,10-12H,1,5,9,13H2,2-4,6-7H3. The van der Waals surface area contributed by atoms with Crippen LogP contribution >= 0.6 is 0 Å². The molecule has 1 saturated carbocycles. The molecule has 0 heterocycles. The molecule has 2 atom stereocenters. The van der Waals surface area contributed by atoms with Gasteiger partial charge in [0.15, 0.2) is 0 Å². The van der Waals surface area contributed by atoms with Crippen LogP contribution in [0.5, 0.6) is 0 Å². The number of aryl methyl sites for hydroxylation is 2. The SMILES string of the molecule is C=CC(=C)N(CC)C1(C)CC1(C)c1ccc(C)cc1C. The van der Waals surface area contributed by atoms with Crippen LogP contribution in [0.4, 0.5) is 0 Å². The number of nitrogens with zero attached hydrogens (tertiary/aromatic N) is 1. The van der Waals surface area contributed by atoms with E-state index in [-0.39, 0.29) is 11.0 Å². The van der Waals surface area contributed by atoms with Crippen molar-refractivity contribution in [3.05, 3.63) is 59.8 Å². The van der Waals surface area contributed by atoms with Crippen molar-refractivity contribution in [1.82, 2.24) is 4.90 Å². The Morgan fingerprint density at radius 2 is 2.00 bits per heavy atom. The Bertz CT molecular complexity index is 557. The Balaban J connectivity index is 2.39. The van der Waals surface area contributed by atoms with Gasteiger partial charge in [0.1, 0.15) is 0 Å². The number of hydrogen-bond acceptors (Lipinski definition) is 1. The summed E-state index contributed by atoms with van der Waals surface area (Å²) in [7, 11) is 0. The highest BCUT2D eigenvalue weighted by Gasteiger charge is 2.65. The molecule has 1 aliphatic carbocycles. The molecule has 1 aromatic rings. The fourth-order valence-corrected chi connectivity index (χ4v) is 3.83. The summed E-state index contributed by atoms with van der Waals surface area (Å²) in [5.74, 6) is 0. The molecule has 1 nitrogen and oxygen atoms in total. The number of likely N-dealkylation sites (N-methyl/N-ethyl adjacent to an activating group) is 1. The van der Waals surface area contributed by atoms with Crippen molar-refractivity contribution < 1.29 is 0 Å². The van der Waals surface area contributed by atoms with Gasteiger partial charge in [0.25, 0.3) is 0 Å². The van der Waals surface area contributed by atoms with Crippen LogP contribution in [0.15, 0.2) is 43.1 Å². The van der Waals surface area contributed by atoms with Crippen LogP contribution in [0.25, 0.3) is 0 Å². The highest BCUT2D eigenvalue weighted by molar-refractivity contribution is 5.47. The fourth-order valence-electron chi connectivity index (χ4n) is 3.83. The Kier molecular flexibility index (Phi) is 3.58. The molecule has 0 amide bonds. The van der Waals surface area contributed by atoms with E-state index in [0.717, 1.165) is 12.2 Å². The predicted octanol–water partition coefficient (Wildman–Crippen LogP) is 4.75. The minimum atomic E-state index is 0.146. The molecule has 1 aromatic carbocycles. The van der Waals surface area contributed by atoms with Crippen LogP contribution in [-0.2, 0) is 5.41 Å². The van der Waals surface area contributed by atoms with Gasteiger partial charge < -0.3 is 4.90 Å². The summed E-state index contributed by atoms with van der Waals surface area (Å²) in [4.78, 5) is 2.40. The summed E-state index contributed by atoms with van der Waals surface area (Å²) in [5.41, 5.74) is 5.58. The van der Waals surface area contributed by atoms with Crippen LogP contribution < -0.4 is 0 Å². The monoisotopic (exact) mass is 269 g/mol. The molecule has 0 spiro atoms. The van der Waals surface area contributed by atoms with Crippen molar-refractivity contribution in [2.75, 3.05) is 6.54 Å². The second kappa shape index (κ2) is 4.80. The molecule has 108 valence electrons. The van der Waals surface area contributed by atoms with Crippen molar-refractivity contribution in [2.24, 2.45) is 0 Å². The van der Waals surface area contributed by atoms with E-state index in [1.807, 2.05) is 6.08 Å². The smallest absolute Gasteiger partial charge is 0.0477 e. The van der Waals surface area contributed by atoms with E-state index in [9.17, 15) is 0 Å². The Hall–Kier alpha value is -1.50. The minimum Gasteiger partial charge on any atom is -0.366 e. The summed E-state index contributed by atoms with van der Waals surface area (Å²) in [5, 5.41) is 0. The van der Waals surface area contributed by atoms with Gasteiger partial charge in [-0.3, -0.25) is 0 Å². The van der Waals surface area contributed by atoms with Gasteiger partial charge in [-0.2, -0.15) is 0 Å². The zero-order valence-electron chi connectivity index (χ0n) is 13.6. The maximum Gasteiger partial charge on any atom is 0.0477 e. The summed E-state index contributed by atoms with van der Waals surface area (Å²) in [6, 6.07) is 6.82. The molecule has 1 heteroatoms. The fraction of sp³-hybridized carbons (Fsp3) is 0.474. The van der Waals surface area contributed by atoms with Gasteiger partial charge in [-0.25, -0.2) is 0 Å². The first-order valence-electron chi connectivity index (χ1n) is 7.47. The second-order valence-corrected chi connectivity index (χ2v) is 6.54. The topological polar surface area (TPSA) is 3.24 Å². The molecule has 1 fully saturated rings. The molecule has 0 aliphatic heterocycles. The van der Waals surface area contributed by atoms with E-state index in [2.05, 4.69) is 70.9 Å².